The number of aryl methyl sites for hydroxylation is 1. The molecule has 5 aromatic rings. The maximum absolute atomic E-state index is 15.5. The van der Waals surface area contributed by atoms with E-state index in [9.17, 15) is 32.7 Å². The zero-order valence-electron chi connectivity index (χ0n) is 28.7. The van der Waals surface area contributed by atoms with E-state index in [0.29, 0.717) is 28.1 Å². The predicted octanol–water partition coefficient (Wildman–Crippen LogP) is 7.51. The highest BCUT2D eigenvalue weighted by Gasteiger charge is 2.67. The summed E-state index contributed by atoms with van der Waals surface area (Å²) in [6.45, 7) is 2.78. The van der Waals surface area contributed by atoms with E-state index < -0.39 is 64.9 Å². The van der Waals surface area contributed by atoms with Crippen LogP contribution in [-0.4, -0.2) is 47.8 Å². The van der Waals surface area contributed by atoms with E-state index in [-0.39, 0.29) is 57.4 Å². The molecule has 3 heterocycles. The second-order valence-electron chi connectivity index (χ2n) is 13.7. The number of hydrogen-bond acceptors (Lipinski definition) is 7. The van der Waals surface area contributed by atoms with Crippen LogP contribution in [0.1, 0.15) is 72.6 Å². The molecule has 2 aliphatic carbocycles. The van der Waals surface area contributed by atoms with Crippen LogP contribution in [0.4, 0.5) is 37.0 Å². The van der Waals surface area contributed by atoms with Crippen LogP contribution in [0.15, 0.2) is 42.5 Å². The minimum atomic E-state index is -3.62. The Kier molecular flexibility index (Phi) is 9.10. The Morgan fingerprint density at radius 3 is 2.48 bits per heavy atom. The first kappa shape index (κ1) is 36.8. The number of aromatic nitrogens is 5. The van der Waals surface area contributed by atoms with Gasteiger partial charge in [0.15, 0.2) is 5.82 Å². The topological polar surface area (TPSA) is 134 Å². The maximum atomic E-state index is 15.5. The van der Waals surface area contributed by atoms with E-state index in [2.05, 4.69) is 32.7 Å². The number of anilines is 1. The van der Waals surface area contributed by atoms with Gasteiger partial charge in [-0.3, -0.25) is 4.68 Å². The first-order valence-corrected chi connectivity index (χ1v) is 16.9. The van der Waals surface area contributed by atoms with Crippen molar-refractivity contribution in [3.05, 3.63) is 93.0 Å². The lowest BCUT2D eigenvalue weighted by molar-refractivity contribution is -0.0293. The van der Waals surface area contributed by atoms with Gasteiger partial charge in [0.25, 0.3) is 12.3 Å². The fourth-order valence-corrected chi connectivity index (χ4v) is 7.26. The summed E-state index contributed by atoms with van der Waals surface area (Å²) in [5, 5.41) is 33.8. The van der Waals surface area contributed by atoms with Crippen LogP contribution in [0, 0.1) is 40.7 Å². The van der Waals surface area contributed by atoms with Crippen LogP contribution in [0.2, 0.25) is 5.02 Å². The number of amides is 1. The van der Waals surface area contributed by atoms with E-state index in [1.807, 2.05) is 6.07 Å². The van der Waals surface area contributed by atoms with E-state index in [1.54, 1.807) is 25.2 Å². The lowest BCUT2D eigenvalue weighted by Gasteiger charge is -2.23. The number of hydrogen-bond donors (Lipinski definition) is 3. The molecular weight excluding hydrogens is 738 g/mol. The average molecular weight is 767 g/mol. The molecule has 1 fully saturated rings. The summed E-state index contributed by atoms with van der Waals surface area (Å²) in [6, 6.07) is 8.22. The van der Waals surface area contributed by atoms with Crippen molar-refractivity contribution in [1.82, 2.24) is 29.9 Å². The fraction of sp³-hybridized carbons (Fsp3) is 0.324. The number of nitrogens with one attached hydrogen (secondary N) is 2. The van der Waals surface area contributed by atoms with E-state index in [4.69, 9.17) is 16.6 Å². The molecule has 7 rings (SSSR count). The summed E-state index contributed by atoms with van der Waals surface area (Å²) < 4.78 is 90.1. The largest absolute Gasteiger partial charge is 0.378 e. The quantitative estimate of drug-likeness (QED) is 0.0846. The van der Waals surface area contributed by atoms with Crippen molar-refractivity contribution >= 4 is 34.4 Å². The summed E-state index contributed by atoms with van der Waals surface area (Å²) in [5.41, 5.74) is -2.38. The molecule has 3 atom stereocenters. The minimum absolute atomic E-state index is 0.0133. The second-order valence-corrected chi connectivity index (χ2v) is 14.1. The Bertz CT molecular complexity index is 2440. The van der Waals surface area contributed by atoms with Crippen molar-refractivity contribution < 1.29 is 36.2 Å². The SMILES string of the molecule is Cn1nc(NCC#N)c2c(Cl)ccc(-c3ccc(C#CC(C)(C)O)nc3[C@H](Cc3cc(F)cc(F)c3)NC(=O)n3nc(C(F)F)c4c3C(F)(F)[C@@H]3C[C@H]43)c21. The van der Waals surface area contributed by atoms with Crippen molar-refractivity contribution in [2.75, 3.05) is 11.9 Å². The Labute approximate surface area is 308 Å². The first-order valence-electron chi connectivity index (χ1n) is 16.6. The number of fused-ring (bicyclic) bond motifs is 4. The van der Waals surface area contributed by atoms with Gasteiger partial charge in [-0.2, -0.15) is 28.9 Å². The summed E-state index contributed by atoms with van der Waals surface area (Å²) >= 11 is 6.62. The zero-order valence-corrected chi connectivity index (χ0v) is 29.4. The van der Waals surface area contributed by atoms with Gasteiger partial charge in [0.05, 0.1) is 33.7 Å². The van der Waals surface area contributed by atoms with Crippen molar-refractivity contribution in [2.45, 2.75) is 56.6 Å². The molecule has 10 nitrogen and oxygen atoms in total. The molecule has 278 valence electrons. The highest BCUT2D eigenvalue weighted by molar-refractivity contribution is 6.37. The third-order valence-corrected chi connectivity index (χ3v) is 9.58. The van der Waals surface area contributed by atoms with Gasteiger partial charge in [-0.05, 0) is 74.4 Å². The number of carbonyl (C=O) groups excluding carboxylic acids is 1. The number of nitriles is 1. The standard InChI is InChI=1S/C37H29ClF6N8O2/c1-36(2,54)9-8-20-4-5-21(22-6-7-25(38)28-31(22)51(3)50-34(28)46-11-10-45)29(47-20)26(14-17-12-18(39)15-19(40)13-17)48-35(53)52-32-27(30(49-52)33(41)42)23-16-24(23)37(32,43)44/h4-7,12-13,15,23-24,26,33,54H,11,14,16H2,1-3H3,(H,46,50)(H,48,53)/t23-,24+,26-/m0/s1. The van der Waals surface area contributed by atoms with Gasteiger partial charge in [-0.25, -0.2) is 27.3 Å². The third-order valence-electron chi connectivity index (χ3n) is 9.27. The highest BCUT2D eigenvalue weighted by atomic mass is 35.5. The van der Waals surface area contributed by atoms with Gasteiger partial charge < -0.3 is 15.7 Å². The summed E-state index contributed by atoms with van der Waals surface area (Å²) in [7, 11) is 1.62. The number of rotatable bonds is 8. The molecule has 0 saturated heterocycles. The molecule has 0 bridgehead atoms. The molecule has 0 radical (unpaired) electrons. The number of benzene rings is 2. The second kappa shape index (κ2) is 13.4. The Balaban J connectivity index is 1.43. The van der Waals surface area contributed by atoms with Crippen LogP contribution in [0.5, 0.6) is 0 Å². The monoisotopic (exact) mass is 766 g/mol. The van der Waals surface area contributed by atoms with Gasteiger partial charge in [0, 0.05) is 35.7 Å². The maximum Gasteiger partial charge on any atom is 0.343 e. The van der Waals surface area contributed by atoms with Gasteiger partial charge in [0.2, 0.25) is 0 Å². The summed E-state index contributed by atoms with van der Waals surface area (Å²) in [6.07, 6.45) is -3.65. The van der Waals surface area contributed by atoms with Crippen LogP contribution < -0.4 is 10.6 Å². The van der Waals surface area contributed by atoms with Gasteiger partial charge >= 0.3 is 6.03 Å². The Hall–Kier alpha value is -5.58. The van der Waals surface area contributed by atoms with Crippen molar-refractivity contribution in [1.29, 1.82) is 5.26 Å². The highest BCUT2D eigenvalue weighted by Crippen LogP contribution is 2.68. The van der Waals surface area contributed by atoms with Gasteiger partial charge in [-0.1, -0.05) is 23.6 Å². The van der Waals surface area contributed by atoms with Gasteiger partial charge in [-0.15, -0.1) is 0 Å². The van der Waals surface area contributed by atoms with Crippen LogP contribution in [0.25, 0.3) is 22.0 Å². The number of nitrogens with zero attached hydrogens (tertiary/aromatic N) is 6. The normalized spacial score (nSPS) is 17.4. The number of halogens is 7. The number of alkyl halides is 4. The van der Waals surface area contributed by atoms with Crippen LogP contribution >= 0.6 is 11.6 Å². The summed E-state index contributed by atoms with van der Waals surface area (Å²) in [4.78, 5) is 18.8. The van der Waals surface area contributed by atoms with Crippen molar-refractivity contribution in [3.63, 3.8) is 0 Å². The third kappa shape index (κ3) is 6.60. The number of aliphatic hydroxyl groups is 1. The lowest BCUT2D eigenvalue weighted by Crippen LogP contribution is -2.37. The van der Waals surface area contributed by atoms with E-state index in [0.717, 1.165) is 12.1 Å². The molecule has 0 spiro atoms. The molecule has 3 aromatic heterocycles. The average Bonchev–Trinajstić information content (AvgIpc) is 3.60. The van der Waals surface area contributed by atoms with Crippen LogP contribution in [-0.2, 0) is 19.4 Å². The molecule has 17 heteroatoms. The molecule has 3 N–H and O–H groups in total. The Morgan fingerprint density at radius 2 is 1.81 bits per heavy atom. The smallest absolute Gasteiger partial charge is 0.343 e. The molecule has 54 heavy (non-hydrogen) atoms. The minimum Gasteiger partial charge on any atom is -0.378 e. The van der Waals surface area contributed by atoms with E-state index >= 15 is 8.78 Å². The number of pyridine rings is 1. The zero-order chi connectivity index (χ0) is 38.9. The van der Waals surface area contributed by atoms with E-state index in [1.165, 1.54) is 24.6 Å². The molecule has 1 saturated carbocycles. The molecular formula is C37H29ClF6N8O2. The number of carbonyl (C=O) groups is 1. The van der Waals surface area contributed by atoms with Crippen molar-refractivity contribution in [3.8, 4) is 29.0 Å². The van der Waals surface area contributed by atoms with Crippen LogP contribution in [0.3, 0.4) is 0 Å². The molecule has 1 amide bonds. The molecule has 0 aliphatic heterocycles. The first-order chi connectivity index (χ1) is 25.5. The lowest BCUT2D eigenvalue weighted by atomic mass is 9.93. The summed E-state index contributed by atoms with van der Waals surface area (Å²) in [5.74, 6) is -1.93. The molecule has 0 unspecified atom stereocenters. The molecule has 2 aromatic carbocycles. The van der Waals surface area contributed by atoms with Gasteiger partial charge in [0.1, 0.15) is 40.9 Å². The molecule has 2 aliphatic rings. The van der Waals surface area contributed by atoms with Crippen molar-refractivity contribution in [2.24, 2.45) is 13.0 Å². The predicted molar refractivity (Wildman–Crippen MR) is 185 cm³/mol. The Morgan fingerprint density at radius 1 is 1.11 bits per heavy atom. The fourth-order valence-electron chi connectivity index (χ4n) is 7.02.